The van der Waals surface area contributed by atoms with Crippen molar-refractivity contribution in [2.24, 2.45) is 5.92 Å². The Bertz CT molecular complexity index is 491. The molecule has 0 bridgehead atoms. The molecular weight excluding hydrogens is 262 g/mol. The standard InChI is InChI=1S/C14H16BrN/c1-10(2)9-16-14-6-4-11-7-13(15)5-3-12(11)8-14/h3-8,10,16H,9H2,1-2H3. The van der Waals surface area contributed by atoms with Crippen LogP contribution in [0.3, 0.4) is 0 Å². The number of halogens is 1. The normalized spacial score (nSPS) is 11.0. The minimum absolute atomic E-state index is 0.667. The van der Waals surface area contributed by atoms with Crippen molar-refractivity contribution >= 4 is 32.4 Å². The fourth-order valence-electron chi connectivity index (χ4n) is 1.65. The van der Waals surface area contributed by atoms with Crippen LogP contribution in [0.5, 0.6) is 0 Å². The topological polar surface area (TPSA) is 12.0 Å². The highest BCUT2D eigenvalue weighted by molar-refractivity contribution is 9.10. The van der Waals surface area contributed by atoms with Gasteiger partial charge in [0, 0.05) is 16.7 Å². The molecule has 1 N–H and O–H groups in total. The van der Waals surface area contributed by atoms with Crippen molar-refractivity contribution in [3.8, 4) is 0 Å². The minimum Gasteiger partial charge on any atom is -0.385 e. The van der Waals surface area contributed by atoms with Crippen molar-refractivity contribution in [1.29, 1.82) is 0 Å². The maximum absolute atomic E-state index is 3.49. The molecule has 0 fully saturated rings. The SMILES string of the molecule is CC(C)CNc1ccc2cc(Br)ccc2c1. The summed E-state index contributed by atoms with van der Waals surface area (Å²) >= 11 is 3.49. The van der Waals surface area contributed by atoms with E-state index in [0.717, 1.165) is 11.0 Å². The lowest BCUT2D eigenvalue weighted by Crippen LogP contribution is -2.07. The van der Waals surface area contributed by atoms with Crippen molar-refractivity contribution in [3.05, 3.63) is 40.9 Å². The van der Waals surface area contributed by atoms with E-state index in [1.165, 1.54) is 16.5 Å². The van der Waals surface area contributed by atoms with E-state index in [0.29, 0.717) is 5.92 Å². The summed E-state index contributed by atoms with van der Waals surface area (Å²) in [6, 6.07) is 12.8. The van der Waals surface area contributed by atoms with E-state index in [4.69, 9.17) is 0 Å². The summed E-state index contributed by atoms with van der Waals surface area (Å²) in [5.74, 6) is 0.667. The third-order valence-corrected chi connectivity index (χ3v) is 3.01. The van der Waals surface area contributed by atoms with Crippen molar-refractivity contribution in [3.63, 3.8) is 0 Å². The van der Waals surface area contributed by atoms with Crippen LogP contribution in [0.15, 0.2) is 40.9 Å². The molecule has 0 aromatic heterocycles. The lowest BCUT2D eigenvalue weighted by molar-refractivity contribution is 0.689. The number of anilines is 1. The van der Waals surface area contributed by atoms with Gasteiger partial charge >= 0.3 is 0 Å². The molecule has 16 heavy (non-hydrogen) atoms. The van der Waals surface area contributed by atoms with E-state index >= 15 is 0 Å². The molecule has 0 spiro atoms. The molecule has 0 atom stereocenters. The zero-order chi connectivity index (χ0) is 11.5. The Kier molecular flexibility index (Phi) is 3.49. The second-order valence-corrected chi connectivity index (χ2v) is 5.40. The van der Waals surface area contributed by atoms with Crippen LogP contribution in [0, 0.1) is 5.92 Å². The van der Waals surface area contributed by atoms with Gasteiger partial charge in [0.15, 0.2) is 0 Å². The molecule has 0 aliphatic heterocycles. The van der Waals surface area contributed by atoms with Crippen LogP contribution in [0.4, 0.5) is 5.69 Å². The minimum atomic E-state index is 0.667. The van der Waals surface area contributed by atoms with Crippen molar-refractivity contribution in [2.45, 2.75) is 13.8 Å². The molecule has 0 aliphatic rings. The quantitative estimate of drug-likeness (QED) is 0.860. The Balaban J connectivity index is 2.26. The smallest absolute Gasteiger partial charge is 0.0346 e. The first-order valence-electron chi connectivity index (χ1n) is 5.58. The van der Waals surface area contributed by atoms with Gasteiger partial charge in [-0.1, -0.05) is 41.9 Å². The third-order valence-electron chi connectivity index (χ3n) is 2.52. The Morgan fingerprint density at radius 2 is 1.75 bits per heavy atom. The zero-order valence-corrected chi connectivity index (χ0v) is 11.2. The van der Waals surface area contributed by atoms with Crippen LogP contribution >= 0.6 is 15.9 Å². The first-order valence-corrected chi connectivity index (χ1v) is 6.37. The summed E-state index contributed by atoms with van der Waals surface area (Å²) < 4.78 is 1.13. The average Bonchev–Trinajstić information content (AvgIpc) is 2.26. The highest BCUT2D eigenvalue weighted by atomic mass is 79.9. The molecule has 84 valence electrons. The van der Waals surface area contributed by atoms with E-state index in [2.05, 4.69) is 71.5 Å². The van der Waals surface area contributed by atoms with Gasteiger partial charge in [0.25, 0.3) is 0 Å². The maximum atomic E-state index is 3.49. The maximum Gasteiger partial charge on any atom is 0.0346 e. The predicted octanol–water partition coefficient (Wildman–Crippen LogP) is 4.67. The summed E-state index contributed by atoms with van der Waals surface area (Å²) in [4.78, 5) is 0. The van der Waals surface area contributed by atoms with Crippen LogP contribution in [0.25, 0.3) is 10.8 Å². The molecule has 0 heterocycles. The Morgan fingerprint density at radius 1 is 1.06 bits per heavy atom. The van der Waals surface area contributed by atoms with Crippen LogP contribution in [-0.4, -0.2) is 6.54 Å². The number of rotatable bonds is 3. The van der Waals surface area contributed by atoms with Crippen molar-refractivity contribution in [2.75, 3.05) is 11.9 Å². The highest BCUT2D eigenvalue weighted by Gasteiger charge is 1.98. The number of hydrogen-bond acceptors (Lipinski definition) is 1. The Labute approximate surface area is 105 Å². The molecule has 0 saturated carbocycles. The van der Waals surface area contributed by atoms with E-state index in [9.17, 15) is 0 Å². The molecule has 0 unspecified atom stereocenters. The van der Waals surface area contributed by atoms with Crippen molar-refractivity contribution < 1.29 is 0 Å². The van der Waals surface area contributed by atoms with Crippen LogP contribution in [0.2, 0.25) is 0 Å². The summed E-state index contributed by atoms with van der Waals surface area (Å²) in [7, 11) is 0. The fourth-order valence-corrected chi connectivity index (χ4v) is 2.03. The number of fused-ring (bicyclic) bond motifs is 1. The summed E-state index contributed by atoms with van der Waals surface area (Å²) in [6.45, 7) is 5.44. The second-order valence-electron chi connectivity index (χ2n) is 4.48. The van der Waals surface area contributed by atoms with Gasteiger partial charge in [-0.05, 0) is 41.0 Å². The predicted molar refractivity (Wildman–Crippen MR) is 75.0 cm³/mol. The second kappa shape index (κ2) is 4.88. The molecule has 0 aliphatic carbocycles. The largest absolute Gasteiger partial charge is 0.385 e. The Hall–Kier alpha value is -1.02. The number of hydrogen-bond donors (Lipinski definition) is 1. The molecule has 2 aromatic carbocycles. The summed E-state index contributed by atoms with van der Waals surface area (Å²) in [6.07, 6.45) is 0. The molecule has 0 saturated heterocycles. The molecule has 1 nitrogen and oxygen atoms in total. The van der Waals surface area contributed by atoms with E-state index in [1.807, 2.05) is 0 Å². The van der Waals surface area contributed by atoms with Crippen LogP contribution in [-0.2, 0) is 0 Å². The molecule has 2 rings (SSSR count). The van der Waals surface area contributed by atoms with E-state index < -0.39 is 0 Å². The van der Waals surface area contributed by atoms with E-state index in [1.54, 1.807) is 0 Å². The van der Waals surface area contributed by atoms with Gasteiger partial charge in [0.05, 0.1) is 0 Å². The molecule has 0 radical (unpaired) electrons. The fraction of sp³-hybridized carbons (Fsp3) is 0.286. The monoisotopic (exact) mass is 277 g/mol. The molecule has 2 aromatic rings. The van der Waals surface area contributed by atoms with Gasteiger partial charge < -0.3 is 5.32 Å². The van der Waals surface area contributed by atoms with Crippen molar-refractivity contribution in [1.82, 2.24) is 0 Å². The zero-order valence-electron chi connectivity index (χ0n) is 9.63. The number of benzene rings is 2. The van der Waals surface area contributed by atoms with Gasteiger partial charge in [-0.3, -0.25) is 0 Å². The van der Waals surface area contributed by atoms with Gasteiger partial charge in [0.2, 0.25) is 0 Å². The molecular formula is C14H16BrN. The lowest BCUT2D eigenvalue weighted by atomic mass is 10.1. The third kappa shape index (κ3) is 2.76. The van der Waals surface area contributed by atoms with Gasteiger partial charge in [-0.15, -0.1) is 0 Å². The summed E-state index contributed by atoms with van der Waals surface area (Å²) in [5.41, 5.74) is 1.20. The number of nitrogens with one attached hydrogen (secondary N) is 1. The van der Waals surface area contributed by atoms with Gasteiger partial charge in [-0.2, -0.15) is 0 Å². The average molecular weight is 278 g/mol. The van der Waals surface area contributed by atoms with Crippen LogP contribution in [0.1, 0.15) is 13.8 Å². The molecule has 2 heteroatoms. The van der Waals surface area contributed by atoms with Gasteiger partial charge in [-0.25, -0.2) is 0 Å². The molecule has 0 amide bonds. The van der Waals surface area contributed by atoms with E-state index in [-0.39, 0.29) is 0 Å². The summed E-state index contributed by atoms with van der Waals surface area (Å²) in [5, 5.41) is 5.98. The van der Waals surface area contributed by atoms with Crippen LogP contribution < -0.4 is 5.32 Å². The highest BCUT2D eigenvalue weighted by Crippen LogP contribution is 2.23. The first-order chi connectivity index (χ1) is 7.65. The lowest BCUT2D eigenvalue weighted by Gasteiger charge is -2.09. The first kappa shape index (κ1) is 11.5. The Morgan fingerprint density at radius 3 is 2.50 bits per heavy atom. The van der Waals surface area contributed by atoms with Gasteiger partial charge in [0.1, 0.15) is 0 Å².